The Morgan fingerprint density at radius 1 is 1.31 bits per heavy atom. The van der Waals surface area contributed by atoms with E-state index in [0.717, 1.165) is 20.5 Å². The summed E-state index contributed by atoms with van der Waals surface area (Å²) in [5, 5.41) is 17.1. The van der Waals surface area contributed by atoms with Gasteiger partial charge in [0.05, 0.1) is 46.8 Å². The first-order valence-electron chi connectivity index (χ1n) is 8.71. The number of ether oxygens (including phenoxy) is 2. The number of nitro groups is 1. The van der Waals surface area contributed by atoms with Crippen LogP contribution in [-0.4, -0.2) is 29.5 Å². The third-order valence-electron chi connectivity index (χ3n) is 3.98. The second kappa shape index (κ2) is 9.01. The van der Waals surface area contributed by atoms with E-state index in [0.29, 0.717) is 6.61 Å². The number of methoxy groups -OCH3 is 1. The van der Waals surface area contributed by atoms with Gasteiger partial charge in [-0.05, 0) is 26.0 Å². The highest BCUT2D eigenvalue weighted by atomic mass is 32.1. The molecule has 0 fully saturated rings. The number of nitrogens with zero attached hydrogens (tertiary/aromatic N) is 2. The molecule has 0 radical (unpaired) electrons. The zero-order valence-corrected chi connectivity index (χ0v) is 17.7. The fraction of sp³-hybridized carbons (Fsp3) is 0.263. The predicted molar refractivity (Wildman–Crippen MR) is 112 cm³/mol. The quantitative estimate of drug-likeness (QED) is 0.416. The molecule has 2 heterocycles. The molecule has 0 atom stereocenters. The minimum atomic E-state index is -0.610. The molecular weight excluding hydrogens is 414 g/mol. The minimum Gasteiger partial charge on any atom is -0.493 e. The molecule has 0 aliphatic heterocycles. The van der Waals surface area contributed by atoms with Crippen molar-refractivity contribution in [3.63, 3.8) is 0 Å². The van der Waals surface area contributed by atoms with Gasteiger partial charge in [0, 0.05) is 16.3 Å². The van der Waals surface area contributed by atoms with Crippen LogP contribution in [0.15, 0.2) is 29.6 Å². The van der Waals surface area contributed by atoms with Crippen molar-refractivity contribution in [2.75, 3.05) is 13.7 Å². The lowest BCUT2D eigenvalue weighted by molar-refractivity contribution is -0.385. The Balaban J connectivity index is 1.79. The molecule has 1 aromatic carbocycles. The summed E-state index contributed by atoms with van der Waals surface area (Å²) in [5.41, 5.74) is 0.487. The van der Waals surface area contributed by atoms with Crippen molar-refractivity contribution < 1.29 is 19.2 Å². The molecule has 0 saturated heterocycles. The van der Waals surface area contributed by atoms with Crippen LogP contribution in [0.2, 0.25) is 0 Å². The first-order valence-corrected chi connectivity index (χ1v) is 10.4. The van der Waals surface area contributed by atoms with Crippen LogP contribution >= 0.6 is 22.7 Å². The molecule has 152 valence electrons. The number of benzene rings is 1. The van der Waals surface area contributed by atoms with Gasteiger partial charge < -0.3 is 14.8 Å². The normalized spacial score (nSPS) is 10.6. The maximum atomic E-state index is 12.7. The van der Waals surface area contributed by atoms with E-state index in [2.05, 4.69) is 10.3 Å². The number of nitrogens with one attached hydrogen (secondary N) is 1. The number of nitro benzene ring substituents is 1. The van der Waals surface area contributed by atoms with Crippen molar-refractivity contribution >= 4 is 34.3 Å². The zero-order chi connectivity index (χ0) is 21.0. The molecular formula is C19H19N3O5S2. The van der Waals surface area contributed by atoms with E-state index in [4.69, 9.17) is 9.47 Å². The third kappa shape index (κ3) is 4.72. The number of rotatable bonds is 8. The highest BCUT2D eigenvalue weighted by Gasteiger charge is 2.24. The molecule has 0 saturated carbocycles. The van der Waals surface area contributed by atoms with Gasteiger partial charge in [0.25, 0.3) is 11.6 Å². The number of thiophene rings is 1. The zero-order valence-electron chi connectivity index (χ0n) is 16.1. The van der Waals surface area contributed by atoms with Gasteiger partial charge in [-0.3, -0.25) is 14.9 Å². The molecule has 29 heavy (non-hydrogen) atoms. The van der Waals surface area contributed by atoms with Crippen molar-refractivity contribution in [3.05, 3.63) is 55.2 Å². The maximum Gasteiger partial charge on any atom is 0.286 e. The summed E-state index contributed by atoms with van der Waals surface area (Å²) in [7, 11) is 1.39. The van der Waals surface area contributed by atoms with E-state index < -0.39 is 10.8 Å². The topological polar surface area (TPSA) is 104 Å². The van der Waals surface area contributed by atoms with E-state index in [1.165, 1.54) is 30.6 Å². The summed E-state index contributed by atoms with van der Waals surface area (Å²) >= 11 is 3.09. The van der Waals surface area contributed by atoms with E-state index in [-0.39, 0.29) is 29.3 Å². The Hall–Kier alpha value is -2.98. The Morgan fingerprint density at radius 2 is 2.10 bits per heavy atom. The van der Waals surface area contributed by atoms with Crippen LogP contribution in [-0.2, 0) is 6.54 Å². The van der Waals surface area contributed by atoms with Crippen LogP contribution in [0.4, 0.5) is 5.69 Å². The van der Waals surface area contributed by atoms with Gasteiger partial charge >= 0.3 is 0 Å². The Bertz CT molecular complexity index is 1040. The minimum absolute atomic E-state index is 0.0776. The summed E-state index contributed by atoms with van der Waals surface area (Å²) in [6.45, 7) is 4.31. The van der Waals surface area contributed by atoms with E-state index in [1.54, 1.807) is 18.3 Å². The molecule has 0 unspecified atom stereocenters. The lowest BCUT2D eigenvalue weighted by Gasteiger charge is -2.12. The second-order valence-corrected chi connectivity index (χ2v) is 8.14. The van der Waals surface area contributed by atoms with E-state index in [9.17, 15) is 14.9 Å². The summed E-state index contributed by atoms with van der Waals surface area (Å²) in [4.78, 5) is 29.9. The number of hydrogen-bond acceptors (Lipinski definition) is 8. The standard InChI is InChI=1S/C19H19N3O5S2/c1-4-27-17-7-13(15(22(24)25)8-16(17)26-3)19(23)20-9-12-5-6-18(29-12)14-10-28-11(2)21-14/h5-8,10H,4,9H2,1-3H3,(H,20,23). The number of aromatic nitrogens is 1. The SMILES string of the molecule is CCOc1cc(C(=O)NCc2ccc(-c3csc(C)n3)s2)c([N+](=O)[O-])cc1OC. The molecule has 3 aromatic rings. The van der Waals surface area contributed by atoms with Crippen molar-refractivity contribution in [1.29, 1.82) is 0 Å². The number of carbonyl (C=O) groups excluding carboxylic acids is 1. The van der Waals surface area contributed by atoms with Gasteiger partial charge in [0.15, 0.2) is 11.5 Å². The number of hydrogen-bond donors (Lipinski definition) is 1. The van der Waals surface area contributed by atoms with Crippen molar-refractivity contribution in [2.24, 2.45) is 0 Å². The molecule has 10 heteroatoms. The highest BCUT2D eigenvalue weighted by molar-refractivity contribution is 7.16. The van der Waals surface area contributed by atoms with Crippen LogP contribution < -0.4 is 14.8 Å². The maximum absolute atomic E-state index is 12.7. The summed E-state index contributed by atoms with van der Waals surface area (Å²) in [6, 6.07) is 6.40. The van der Waals surface area contributed by atoms with Crippen molar-refractivity contribution in [2.45, 2.75) is 20.4 Å². The average molecular weight is 434 g/mol. The Morgan fingerprint density at radius 3 is 2.72 bits per heavy atom. The molecule has 0 bridgehead atoms. The highest BCUT2D eigenvalue weighted by Crippen LogP contribution is 2.35. The predicted octanol–water partition coefficient (Wildman–Crippen LogP) is 4.43. The van der Waals surface area contributed by atoms with E-state index in [1.807, 2.05) is 24.4 Å². The van der Waals surface area contributed by atoms with Crippen molar-refractivity contribution in [3.8, 4) is 22.1 Å². The van der Waals surface area contributed by atoms with Gasteiger partial charge in [-0.15, -0.1) is 22.7 Å². The summed E-state index contributed by atoms with van der Waals surface area (Å²) in [6.07, 6.45) is 0. The third-order valence-corrected chi connectivity index (χ3v) is 5.86. The largest absolute Gasteiger partial charge is 0.493 e. The van der Waals surface area contributed by atoms with Crippen molar-refractivity contribution in [1.82, 2.24) is 10.3 Å². The molecule has 0 spiro atoms. The van der Waals surface area contributed by atoms with Crippen LogP contribution in [0, 0.1) is 17.0 Å². The van der Waals surface area contributed by atoms with Gasteiger partial charge in [-0.25, -0.2) is 4.98 Å². The first kappa shape index (κ1) is 20.7. The molecule has 1 amide bonds. The average Bonchev–Trinajstić information content (AvgIpc) is 3.34. The van der Waals surface area contributed by atoms with Gasteiger partial charge in [0.1, 0.15) is 5.56 Å². The van der Waals surface area contributed by atoms with Gasteiger partial charge in [-0.2, -0.15) is 0 Å². The van der Waals surface area contributed by atoms with E-state index >= 15 is 0 Å². The number of thiazole rings is 1. The molecule has 2 aromatic heterocycles. The second-order valence-electron chi connectivity index (χ2n) is 5.91. The fourth-order valence-electron chi connectivity index (χ4n) is 2.66. The molecule has 3 rings (SSSR count). The van der Waals surface area contributed by atoms with Gasteiger partial charge in [0.2, 0.25) is 0 Å². The van der Waals surface area contributed by atoms with Crippen LogP contribution in [0.5, 0.6) is 11.5 Å². The summed E-state index contributed by atoms with van der Waals surface area (Å²) in [5.74, 6) is -0.0700. The molecule has 0 aliphatic carbocycles. The Kier molecular flexibility index (Phi) is 6.45. The molecule has 8 nitrogen and oxygen atoms in total. The van der Waals surface area contributed by atoms with Gasteiger partial charge in [-0.1, -0.05) is 0 Å². The monoisotopic (exact) mass is 433 g/mol. The van der Waals surface area contributed by atoms with Crippen LogP contribution in [0.25, 0.3) is 10.6 Å². The molecule has 1 N–H and O–H groups in total. The summed E-state index contributed by atoms with van der Waals surface area (Å²) < 4.78 is 10.6. The van der Waals surface area contributed by atoms with Crippen LogP contribution in [0.1, 0.15) is 27.2 Å². The lowest BCUT2D eigenvalue weighted by Crippen LogP contribution is -2.23. The molecule has 0 aliphatic rings. The number of carbonyl (C=O) groups is 1. The Labute approximate surface area is 175 Å². The van der Waals surface area contributed by atoms with Crippen LogP contribution in [0.3, 0.4) is 0 Å². The number of amides is 1. The number of aryl methyl sites for hydroxylation is 1. The lowest BCUT2D eigenvalue weighted by atomic mass is 10.1. The first-order chi connectivity index (χ1) is 13.9. The fourth-order valence-corrected chi connectivity index (χ4v) is 4.26. The smallest absolute Gasteiger partial charge is 0.286 e.